The molecule has 0 heterocycles. The van der Waals surface area contributed by atoms with E-state index >= 15 is 0 Å². The summed E-state index contributed by atoms with van der Waals surface area (Å²) in [5, 5.41) is 8.60. The Morgan fingerprint density at radius 3 is 2.53 bits per heavy atom. The van der Waals surface area contributed by atoms with Crippen molar-refractivity contribution in [2.75, 3.05) is 12.9 Å². The van der Waals surface area contributed by atoms with E-state index in [2.05, 4.69) is 0 Å². The molecule has 0 amide bonds. The number of esters is 1. The second-order valence-electron chi connectivity index (χ2n) is 4.60. The molecule has 0 aliphatic heterocycles. The molecule has 0 aromatic rings. The highest BCUT2D eigenvalue weighted by atomic mass is 32.2. The van der Waals surface area contributed by atoms with E-state index in [4.69, 9.17) is 4.74 Å². The third-order valence-electron chi connectivity index (χ3n) is 3.45. The van der Waals surface area contributed by atoms with Crippen molar-refractivity contribution < 1.29 is 17.9 Å². The van der Waals surface area contributed by atoms with Crippen LogP contribution in [0, 0.1) is 22.7 Å². The van der Waals surface area contributed by atoms with E-state index in [0.29, 0.717) is 6.42 Å². The number of rotatable bonds is 3. The molecule has 1 aliphatic rings. The third-order valence-corrected chi connectivity index (χ3v) is 5.02. The van der Waals surface area contributed by atoms with Crippen molar-refractivity contribution in [1.29, 1.82) is 5.26 Å². The van der Waals surface area contributed by atoms with Crippen molar-refractivity contribution >= 4 is 15.8 Å². The first-order valence-corrected chi connectivity index (χ1v) is 7.50. The van der Waals surface area contributed by atoms with Crippen LogP contribution in [0.25, 0.3) is 0 Å². The highest BCUT2D eigenvalue weighted by Gasteiger charge is 2.54. The Balaban J connectivity index is 3.04. The third kappa shape index (κ3) is 2.44. The molecule has 6 heteroatoms. The van der Waals surface area contributed by atoms with Gasteiger partial charge in [-0.15, -0.1) is 0 Å². The minimum Gasteiger partial charge on any atom is -0.465 e. The van der Waals surface area contributed by atoms with Crippen LogP contribution in [0.15, 0.2) is 0 Å². The molecule has 0 N–H and O–H groups in total. The van der Waals surface area contributed by atoms with E-state index in [1.807, 2.05) is 6.07 Å². The van der Waals surface area contributed by atoms with E-state index in [1.54, 1.807) is 13.8 Å². The van der Waals surface area contributed by atoms with Gasteiger partial charge < -0.3 is 4.74 Å². The highest BCUT2D eigenvalue weighted by Crippen LogP contribution is 2.46. The quantitative estimate of drug-likeness (QED) is 0.703. The predicted molar refractivity (Wildman–Crippen MR) is 61.7 cm³/mol. The number of sulfone groups is 1. The van der Waals surface area contributed by atoms with E-state index < -0.39 is 26.5 Å². The Kier molecular flexibility index (Phi) is 3.82. The number of carbonyl (C=O) groups is 1. The van der Waals surface area contributed by atoms with Crippen LogP contribution in [0.3, 0.4) is 0 Å². The van der Waals surface area contributed by atoms with Gasteiger partial charge in [-0.3, -0.25) is 4.79 Å². The summed E-state index contributed by atoms with van der Waals surface area (Å²) in [4.78, 5) is 11.8. The molecule has 5 nitrogen and oxygen atoms in total. The Labute approximate surface area is 102 Å². The zero-order chi connectivity index (χ0) is 13.3. The molecule has 0 unspecified atom stereocenters. The lowest BCUT2D eigenvalue weighted by Gasteiger charge is -2.22. The molecule has 1 fully saturated rings. The zero-order valence-electron chi connectivity index (χ0n) is 10.3. The lowest BCUT2D eigenvalue weighted by molar-refractivity contribution is -0.153. The smallest absolute Gasteiger partial charge is 0.326 e. The standard InChI is InChI=1S/C11H17NO4S/c1-4-16-10(13)11(7-12)6-9(5-8(11)2)17(3,14)15/h8-9H,4-6H2,1-3H3/t8-,9+,11+/m0/s1. The first-order chi connectivity index (χ1) is 7.78. The summed E-state index contributed by atoms with van der Waals surface area (Å²) < 4.78 is 27.9. The SMILES string of the molecule is CCOC(=O)[C@@]1(C#N)C[C@H](S(C)(=O)=O)C[C@@H]1C. The average molecular weight is 259 g/mol. The Hall–Kier alpha value is -1.09. The van der Waals surface area contributed by atoms with Gasteiger partial charge in [0.25, 0.3) is 0 Å². The summed E-state index contributed by atoms with van der Waals surface area (Å²) in [6.45, 7) is 3.58. The fourth-order valence-corrected chi connectivity index (χ4v) is 3.52. The minimum atomic E-state index is -3.22. The molecule has 96 valence electrons. The van der Waals surface area contributed by atoms with Crippen molar-refractivity contribution in [3.63, 3.8) is 0 Å². The number of nitrogens with zero attached hydrogens (tertiary/aromatic N) is 1. The van der Waals surface area contributed by atoms with Gasteiger partial charge in [-0.2, -0.15) is 5.26 Å². The van der Waals surface area contributed by atoms with Crippen LogP contribution in [0.5, 0.6) is 0 Å². The molecule has 1 aliphatic carbocycles. The monoisotopic (exact) mass is 259 g/mol. The minimum absolute atomic E-state index is 0.0440. The lowest BCUT2D eigenvalue weighted by Crippen LogP contribution is -2.34. The van der Waals surface area contributed by atoms with Crippen molar-refractivity contribution in [3.05, 3.63) is 0 Å². The summed E-state index contributed by atoms with van der Waals surface area (Å²) in [5.41, 5.74) is -1.30. The fraction of sp³-hybridized carbons (Fsp3) is 0.818. The maximum atomic E-state index is 11.8. The van der Waals surface area contributed by atoms with Gasteiger partial charge in [-0.05, 0) is 25.7 Å². The molecule has 0 aromatic heterocycles. The van der Waals surface area contributed by atoms with Gasteiger partial charge in [0.1, 0.15) is 9.84 Å². The predicted octanol–water partition coefficient (Wildman–Crippen LogP) is 0.903. The van der Waals surface area contributed by atoms with Crippen LogP contribution >= 0.6 is 0 Å². The summed E-state index contributed by atoms with van der Waals surface area (Å²) in [7, 11) is -3.22. The van der Waals surface area contributed by atoms with Crippen molar-refractivity contribution in [1.82, 2.24) is 0 Å². The normalized spacial score (nSPS) is 33.1. The molecule has 0 aromatic carbocycles. The summed E-state index contributed by atoms with van der Waals surface area (Å²) in [6, 6.07) is 1.97. The molecule has 1 saturated carbocycles. The summed E-state index contributed by atoms with van der Waals surface area (Å²) >= 11 is 0. The Bertz CT molecular complexity index is 451. The molecule has 0 radical (unpaired) electrons. The number of carbonyl (C=O) groups excluding carboxylic acids is 1. The van der Waals surface area contributed by atoms with E-state index in [0.717, 1.165) is 6.26 Å². The number of hydrogen-bond donors (Lipinski definition) is 0. The van der Waals surface area contributed by atoms with Crippen molar-refractivity contribution in [2.45, 2.75) is 31.9 Å². The summed E-state index contributed by atoms with van der Waals surface area (Å²) in [5.74, 6) is -0.896. The first kappa shape index (κ1) is 14.0. The molecule has 3 atom stereocenters. The molecule has 1 rings (SSSR count). The molecular weight excluding hydrogens is 242 g/mol. The van der Waals surface area contributed by atoms with Crippen LogP contribution in [-0.2, 0) is 19.4 Å². The average Bonchev–Trinajstić information content (AvgIpc) is 2.56. The van der Waals surface area contributed by atoms with Gasteiger partial charge in [-0.25, -0.2) is 8.42 Å². The Morgan fingerprint density at radius 2 is 2.18 bits per heavy atom. The highest BCUT2D eigenvalue weighted by molar-refractivity contribution is 7.91. The Morgan fingerprint density at radius 1 is 1.59 bits per heavy atom. The van der Waals surface area contributed by atoms with Crippen molar-refractivity contribution in [2.24, 2.45) is 11.3 Å². The largest absolute Gasteiger partial charge is 0.465 e. The maximum absolute atomic E-state index is 11.8. The van der Waals surface area contributed by atoms with Crippen LogP contribution in [0.2, 0.25) is 0 Å². The topological polar surface area (TPSA) is 84.2 Å². The van der Waals surface area contributed by atoms with Crippen LogP contribution in [0.4, 0.5) is 0 Å². The molecule has 17 heavy (non-hydrogen) atoms. The van der Waals surface area contributed by atoms with Gasteiger partial charge in [0.2, 0.25) is 0 Å². The van der Waals surface area contributed by atoms with Gasteiger partial charge in [0.15, 0.2) is 5.41 Å². The zero-order valence-corrected chi connectivity index (χ0v) is 11.1. The summed E-state index contributed by atoms with van der Waals surface area (Å²) in [6.07, 6.45) is 1.52. The number of hydrogen-bond acceptors (Lipinski definition) is 5. The van der Waals surface area contributed by atoms with Crippen molar-refractivity contribution in [3.8, 4) is 6.07 Å². The van der Waals surface area contributed by atoms with E-state index in [1.165, 1.54) is 0 Å². The molecule has 0 bridgehead atoms. The fourth-order valence-electron chi connectivity index (χ4n) is 2.31. The second-order valence-corrected chi connectivity index (χ2v) is 6.92. The molecule has 0 saturated heterocycles. The van der Waals surface area contributed by atoms with E-state index in [-0.39, 0.29) is 18.9 Å². The van der Waals surface area contributed by atoms with Gasteiger partial charge in [0.05, 0.1) is 17.9 Å². The second kappa shape index (κ2) is 4.65. The van der Waals surface area contributed by atoms with Crippen LogP contribution in [0.1, 0.15) is 26.7 Å². The molecule has 0 spiro atoms. The van der Waals surface area contributed by atoms with Gasteiger partial charge >= 0.3 is 5.97 Å². The number of ether oxygens (including phenoxy) is 1. The van der Waals surface area contributed by atoms with Crippen LogP contribution < -0.4 is 0 Å². The van der Waals surface area contributed by atoms with E-state index in [9.17, 15) is 18.5 Å². The van der Waals surface area contributed by atoms with Crippen LogP contribution in [-0.4, -0.2) is 32.5 Å². The lowest BCUT2D eigenvalue weighted by atomic mass is 9.80. The van der Waals surface area contributed by atoms with Gasteiger partial charge in [0, 0.05) is 6.26 Å². The molecular formula is C11H17NO4S. The van der Waals surface area contributed by atoms with Gasteiger partial charge in [-0.1, -0.05) is 6.92 Å². The maximum Gasteiger partial charge on any atom is 0.326 e. The number of nitriles is 1. The first-order valence-electron chi connectivity index (χ1n) is 5.55.